The molecule has 4 rings (SSSR count). The van der Waals surface area contributed by atoms with Gasteiger partial charge in [0.25, 0.3) is 11.8 Å². The lowest BCUT2D eigenvalue weighted by Gasteiger charge is -2.13. The van der Waals surface area contributed by atoms with Crippen LogP contribution in [-0.4, -0.2) is 33.3 Å². The second-order valence-corrected chi connectivity index (χ2v) is 5.98. The predicted octanol–water partition coefficient (Wildman–Crippen LogP) is 1.24. The van der Waals surface area contributed by atoms with Crippen molar-refractivity contribution in [2.24, 2.45) is 28.8 Å². The molecule has 2 N–H and O–H groups in total. The Morgan fingerprint density at radius 1 is 1.05 bits per heavy atom. The van der Waals surface area contributed by atoms with Gasteiger partial charge < -0.3 is 10.2 Å². The Morgan fingerprint density at radius 3 is 2.27 bits per heavy atom. The van der Waals surface area contributed by atoms with Crippen molar-refractivity contribution in [1.29, 1.82) is 0 Å². The summed E-state index contributed by atoms with van der Waals surface area (Å²) >= 11 is 0. The first kappa shape index (κ1) is 13.1. The van der Waals surface area contributed by atoms with Crippen LogP contribution in [-0.2, 0) is 9.59 Å². The van der Waals surface area contributed by atoms with Gasteiger partial charge >= 0.3 is 0 Å². The highest BCUT2D eigenvalue weighted by atomic mass is 16.3. The number of carbonyl (C=O) groups is 2. The van der Waals surface area contributed by atoms with Crippen molar-refractivity contribution in [1.82, 2.24) is 5.01 Å². The number of fused-ring (bicyclic) bond motifs is 5. The molecule has 1 aromatic carbocycles. The van der Waals surface area contributed by atoms with Gasteiger partial charge in [-0.1, -0.05) is 12.2 Å². The zero-order valence-corrected chi connectivity index (χ0v) is 11.6. The summed E-state index contributed by atoms with van der Waals surface area (Å²) in [4.78, 5) is 24.8. The molecule has 2 bridgehead atoms. The van der Waals surface area contributed by atoms with Crippen LogP contribution in [0.1, 0.15) is 12.0 Å². The minimum atomic E-state index is -0.276. The molecule has 1 saturated carbocycles. The Bertz CT molecular complexity index is 710. The monoisotopic (exact) mass is 298 g/mol. The molecule has 1 heterocycles. The molecule has 1 aromatic rings. The number of aromatic hydroxyl groups is 2. The summed E-state index contributed by atoms with van der Waals surface area (Å²) in [6.07, 6.45) is 6.28. The molecule has 6 heteroatoms. The van der Waals surface area contributed by atoms with E-state index in [0.29, 0.717) is 5.56 Å². The average Bonchev–Trinajstić information content (AvgIpc) is 3.16. The first-order chi connectivity index (χ1) is 10.6. The van der Waals surface area contributed by atoms with Gasteiger partial charge in [0, 0.05) is 0 Å². The van der Waals surface area contributed by atoms with Gasteiger partial charge in [0.2, 0.25) is 0 Å². The first-order valence-electron chi connectivity index (χ1n) is 7.18. The summed E-state index contributed by atoms with van der Waals surface area (Å²) in [7, 11) is 0. The summed E-state index contributed by atoms with van der Waals surface area (Å²) in [5, 5.41) is 23.6. The molecule has 3 aliphatic rings. The zero-order chi connectivity index (χ0) is 15.4. The second-order valence-electron chi connectivity index (χ2n) is 5.98. The predicted molar refractivity (Wildman–Crippen MR) is 76.9 cm³/mol. The van der Waals surface area contributed by atoms with Crippen LogP contribution in [0.15, 0.2) is 35.5 Å². The summed E-state index contributed by atoms with van der Waals surface area (Å²) < 4.78 is 0. The maximum absolute atomic E-state index is 12.4. The molecule has 0 unspecified atom stereocenters. The van der Waals surface area contributed by atoms with E-state index in [2.05, 4.69) is 5.10 Å². The van der Waals surface area contributed by atoms with Crippen LogP contribution in [0.4, 0.5) is 0 Å². The van der Waals surface area contributed by atoms with E-state index >= 15 is 0 Å². The van der Waals surface area contributed by atoms with Crippen LogP contribution in [0.25, 0.3) is 0 Å². The highest BCUT2D eigenvalue weighted by Crippen LogP contribution is 2.52. The molecule has 4 atom stereocenters. The summed E-state index contributed by atoms with van der Waals surface area (Å²) in [6, 6.07) is 4.18. The molecule has 0 aromatic heterocycles. The minimum absolute atomic E-state index is 0.157. The number of nitrogens with zero attached hydrogens (tertiary/aromatic N) is 2. The van der Waals surface area contributed by atoms with Crippen LogP contribution in [0.5, 0.6) is 11.5 Å². The number of hydrazone groups is 1. The number of phenols is 2. The van der Waals surface area contributed by atoms with E-state index in [0.717, 1.165) is 11.4 Å². The molecule has 0 radical (unpaired) electrons. The number of hydrogen-bond acceptors (Lipinski definition) is 5. The fourth-order valence-electron chi connectivity index (χ4n) is 3.75. The third kappa shape index (κ3) is 1.70. The van der Waals surface area contributed by atoms with Crippen molar-refractivity contribution in [2.45, 2.75) is 6.42 Å². The quantitative estimate of drug-likeness (QED) is 0.372. The van der Waals surface area contributed by atoms with Gasteiger partial charge in [-0.2, -0.15) is 10.1 Å². The van der Waals surface area contributed by atoms with E-state index in [1.165, 1.54) is 24.4 Å². The number of carbonyl (C=O) groups excluding carboxylic acids is 2. The molecule has 6 nitrogen and oxygen atoms in total. The maximum Gasteiger partial charge on any atom is 0.254 e. The van der Waals surface area contributed by atoms with E-state index in [1.54, 1.807) is 0 Å². The fraction of sp³-hybridized carbons (Fsp3) is 0.312. The van der Waals surface area contributed by atoms with Crippen molar-refractivity contribution < 1.29 is 19.8 Å². The topological polar surface area (TPSA) is 90.2 Å². The summed E-state index contributed by atoms with van der Waals surface area (Å²) in [6.45, 7) is 0. The standard InChI is InChI=1S/C16H14N2O4/c19-11-4-1-8(5-12(11)20)7-17-18-15(21)13-9-2-3-10(6-9)14(13)16(18)22/h1-5,7,9-10,13-14,19-20H,6H2/b17-7+/t9-,10+,13-,14-/m0/s1. The minimum Gasteiger partial charge on any atom is -0.504 e. The average molecular weight is 298 g/mol. The van der Waals surface area contributed by atoms with Crippen LogP contribution < -0.4 is 0 Å². The third-order valence-electron chi connectivity index (χ3n) is 4.77. The smallest absolute Gasteiger partial charge is 0.254 e. The van der Waals surface area contributed by atoms with E-state index in [-0.39, 0.29) is 47.0 Å². The Kier molecular flexibility index (Phi) is 2.63. The number of rotatable bonds is 2. The SMILES string of the molecule is O=C1[C@@H]2[C@@H](C(=O)N1/N=C/c1ccc(O)c(O)c1)[C@H]1C=C[C@@H]2C1. The third-order valence-corrected chi connectivity index (χ3v) is 4.77. The van der Waals surface area contributed by atoms with E-state index in [4.69, 9.17) is 0 Å². The zero-order valence-electron chi connectivity index (χ0n) is 11.6. The molecule has 112 valence electrons. The number of benzene rings is 1. The Morgan fingerprint density at radius 2 is 1.68 bits per heavy atom. The second kappa shape index (κ2) is 4.43. The summed E-state index contributed by atoms with van der Waals surface area (Å²) in [5.74, 6) is -1.23. The van der Waals surface area contributed by atoms with Gasteiger partial charge in [-0.25, -0.2) is 0 Å². The number of amides is 2. The van der Waals surface area contributed by atoms with E-state index in [1.807, 2.05) is 12.2 Å². The normalized spacial score (nSPS) is 32.5. The first-order valence-corrected chi connectivity index (χ1v) is 7.18. The van der Waals surface area contributed by atoms with Gasteiger partial charge in [-0.05, 0) is 42.0 Å². The molecular weight excluding hydrogens is 284 g/mol. The number of imide groups is 1. The van der Waals surface area contributed by atoms with Crippen molar-refractivity contribution in [2.75, 3.05) is 0 Å². The van der Waals surface area contributed by atoms with Gasteiger partial charge in [-0.15, -0.1) is 0 Å². The van der Waals surface area contributed by atoms with Gasteiger partial charge in [0.1, 0.15) is 0 Å². The summed E-state index contributed by atoms with van der Waals surface area (Å²) in [5.41, 5.74) is 0.494. The van der Waals surface area contributed by atoms with Crippen molar-refractivity contribution in [3.05, 3.63) is 35.9 Å². The van der Waals surface area contributed by atoms with Crippen LogP contribution >= 0.6 is 0 Å². The van der Waals surface area contributed by atoms with Crippen molar-refractivity contribution in [3.8, 4) is 11.5 Å². The molecule has 1 saturated heterocycles. The molecular formula is C16H14N2O4. The van der Waals surface area contributed by atoms with E-state index in [9.17, 15) is 19.8 Å². The highest BCUT2D eigenvalue weighted by molar-refractivity contribution is 6.06. The van der Waals surface area contributed by atoms with Gasteiger partial charge in [-0.3, -0.25) is 9.59 Å². The lowest BCUT2D eigenvalue weighted by atomic mass is 9.85. The lowest BCUT2D eigenvalue weighted by Crippen LogP contribution is -2.28. The van der Waals surface area contributed by atoms with Crippen LogP contribution in [0.3, 0.4) is 0 Å². The number of allylic oxidation sites excluding steroid dienone is 2. The Balaban J connectivity index is 1.59. The Hall–Kier alpha value is -2.63. The highest BCUT2D eigenvalue weighted by Gasteiger charge is 2.59. The molecule has 2 fully saturated rings. The molecule has 2 aliphatic carbocycles. The lowest BCUT2D eigenvalue weighted by molar-refractivity contribution is -0.140. The largest absolute Gasteiger partial charge is 0.504 e. The molecule has 2 amide bonds. The van der Waals surface area contributed by atoms with Gasteiger partial charge in [0.05, 0.1) is 18.1 Å². The molecule has 0 spiro atoms. The number of phenolic OH excluding ortho intramolecular Hbond substituents is 2. The van der Waals surface area contributed by atoms with Crippen LogP contribution in [0.2, 0.25) is 0 Å². The maximum atomic E-state index is 12.4. The molecule has 1 aliphatic heterocycles. The van der Waals surface area contributed by atoms with Crippen molar-refractivity contribution in [3.63, 3.8) is 0 Å². The van der Waals surface area contributed by atoms with Gasteiger partial charge in [0.15, 0.2) is 11.5 Å². The number of hydrogen-bond donors (Lipinski definition) is 2. The Labute approximate surface area is 126 Å². The molecule has 22 heavy (non-hydrogen) atoms. The van der Waals surface area contributed by atoms with E-state index < -0.39 is 0 Å². The van der Waals surface area contributed by atoms with Crippen molar-refractivity contribution >= 4 is 18.0 Å². The fourth-order valence-corrected chi connectivity index (χ4v) is 3.75. The van der Waals surface area contributed by atoms with Crippen LogP contribution in [0, 0.1) is 23.7 Å².